The van der Waals surface area contributed by atoms with Crippen LogP contribution >= 0.6 is 11.6 Å². The molecule has 4 aliphatic rings. The van der Waals surface area contributed by atoms with Crippen molar-refractivity contribution in [3.05, 3.63) is 52.1 Å². The third-order valence-corrected chi connectivity index (χ3v) is 11.4. The van der Waals surface area contributed by atoms with Crippen LogP contribution in [0.4, 0.5) is 10.5 Å². The number of esters is 1. The van der Waals surface area contributed by atoms with Crippen molar-refractivity contribution in [1.82, 2.24) is 5.32 Å². The lowest BCUT2D eigenvalue weighted by molar-refractivity contribution is -0.161. The Bertz CT molecular complexity index is 1610. The molecule has 3 N–H and O–H groups in total. The Morgan fingerprint density at radius 1 is 1.04 bits per heavy atom. The molecule has 1 aromatic carbocycles. The quantitative estimate of drug-likeness (QED) is 0.282. The Kier molecular flexibility index (Phi) is 10.6. The summed E-state index contributed by atoms with van der Waals surface area (Å²) in [7, 11) is 1.44. The van der Waals surface area contributed by atoms with E-state index in [1.54, 1.807) is 39.8 Å². The number of ketones is 1. The van der Waals surface area contributed by atoms with Gasteiger partial charge in [0.1, 0.15) is 29.5 Å². The molecule has 12 nitrogen and oxygen atoms in total. The van der Waals surface area contributed by atoms with Crippen LogP contribution < -0.4 is 10.2 Å². The second-order valence-corrected chi connectivity index (χ2v) is 15.3. The Morgan fingerprint density at radius 2 is 1.74 bits per heavy atom. The zero-order chi connectivity index (χ0) is 36.9. The minimum atomic E-state index is -1.86. The van der Waals surface area contributed by atoms with E-state index >= 15 is 0 Å². The minimum absolute atomic E-state index is 0.0425. The lowest BCUT2D eigenvalue weighted by Gasteiger charge is -2.42. The molecule has 3 fully saturated rings. The van der Waals surface area contributed by atoms with Crippen LogP contribution in [0, 0.1) is 24.7 Å². The van der Waals surface area contributed by atoms with E-state index in [-0.39, 0.29) is 25.8 Å². The predicted octanol–water partition coefficient (Wildman–Crippen LogP) is 4.33. The molecule has 3 saturated heterocycles. The number of hydrogen-bond donors (Lipinski definition) is 3. The van der Waals surface area contributed by atoms with Gasteiger partial charge in [-0.05, 0) is 51.3 Å². The van der Waals surface area contributed by atoms with Crippen LogP contribution in [0.1, 0.15) is 71.9 Å². The number of Topliss-reactive ketones (excluding diaryl/α,β-unsaturated/α-hetero) is 1. The second kappa shape index (κ2) is 14.0. The smallest absolute Gasteiger partial charge is 0.409 e. The van der Waals surface area contributed by atoms with Crippen LogP contribution in [0.25, 0.3) is 0 Å². The van der Waals surface area contributed by atoms with Gasteiger partial charge < -0.3 is 34.1 Å². The molecule has 6 bridgehead atoms. The number of alkyl carbamates (subject to hydrolysis) is 1. The van der Waals surface area contributed by atoms with E-state index in [0.29, 0.717) is 17.1 Å². The predicted molar refractivity (Wildman–Crippen MR) is 184 cm³/mol. The summed E-state index contributed by atoms with van der Waals surface area (Å²) >= 11 is 6.91. The highest BCUT2D eigenvalue weighted by Gasteiger charge is 2.64. The zero-order valence-electron chi connectivity index (χ0n) is 29.9. The van der Waals surface area contributed by atoms with Crippen molar-refractivity contribution >= 4 is 41.0 Å². The highest BCUT2D eigenvalue weighted by molar-refractivity contribution is 6.34. The normalized spacial score (nSPS) is 40.3. The number of allylic oxidation sites excluding steroid dienone is 3. The monoisotopic (exact) mass is 716 g/mol. The van der Waals surface area contributed by atoms with E-state index in [4.69, 9.17) is 30.5 Å². The third kappa shape index (κ3) is 7.36. The van der Waals surface area contributed by atoms with Crippen molar-refractivity contribution in [2.75, 3.05) is 18.6 Å². The van der Waals surface area contributed by atoms with Crippen LogP contribution in [0.3, 0.4) is 0 Å². The number of carbonyl (C=O) groups excluding carboxylic acids is 4. The molecule has 2 amide bonds. The molecule has 274 valence electrons. The third-order valence-electron chi connectivity index (χ3n) is 10.9. The van der Waals surface area contributed by atoms with Gasteiger partial charge in [0.2, 0.25) is 5.91 Å². The van der Waals surface area contributed by atoms with Crippen LogP contribution in [-0.2, 0) is 39.8 Å². The number of aliphatic hydroxyl groups is 2. The summed E-state index contributed by atoms with van der Waals surface area (Å²) in [6, 6.07) is 3.74. The van der Waals surface area contributed by atoms with E-state index in [9.17, 15) is 29.4 Å². The fourth-order valence-corrected chi connectivity index (χ4v) is 7.53. The Labute approximate surface area is 298 Å². The maximum Gasteiger partial charge on any atom is 0.409 e. The fraction of sp³-hybridized carbons (Fsp3) is 0.622. The van der Waals surface area contributed by atoms with E-state index in [2.05, 4.69) is 5.32 Å². The molecule has 10 atom stereocenters. The summed E-state index contributed by atoms with van der Waals surface area (Å²) in [4.78, 5) is 55.8. The number of halogens is 1. The van der Waals surface area contributed by atoms with Crippen molar-refractivity contribution in [2.24, 2.45) is 17.8 Å². The SMILES string of the molecule is CO[C@@H]1/C=C/C=C(\C)Cc2cc(C)c(Cl)c(c2)N2CC(C)C(C)(O)C(=O)C[C@@H](C)C(=O)O[C@@H](CC2=O)[C@]2(C)OC2[C@H](C)[C@@H]2C[C@@]1(O)NC(=O)O2. The first kappa shape index (κ1) is 38.0. The van der Waals surface area contributed by atoms with Gasteiger partial charge in [0.25, 0.3) is 0 Å². The highest BCUT2D eigenvalue weighted by atomic mass is 35.5. The standard InChI is InChI=1S/C37H49ClN2O10/c1-19-10-9-11-28(47-8)37(46)17-26(48-34(44)39-37)23(5)32-36(7,50-32)29-16-30(42)40(25-15-24(12-19)13-20(2)31(25)38)18-22(4)35(6,45)27(41)14-21(3)33(43)49-29/h9-11,13,15,21-23,26,28-29,32,45-46H,12,14,16-18H2,1-8H3,(H,39,44)/b11-9+,19-10+/t21-,22?,23-,26+,28-,29+,32?,35?,36+,37+/m1/s1. The number of nitrogens with one attached hydrogen (secondary N) is 1. The molecule has 50 heavy (non-hydrogen) atoms. The van der Waals surface area contributed by atoms with Gasteiger partial charge in [0, 0.05) is 38.3 Å². The molecule has 0 spiro atoms. The number of rotatable bonds is 1. The van der Waals surface area contributed by atoms with Gasteiger partial charge in [-0.2, -0.15) is 0 Å². The molecule has 3 unspecified atom stereocenters. The van der Waals surface area contributed by atoms with Crippen molar-refractivity contribution in [3.8, 4) is 0 Å². The average molecular weight is 717 g/mol. The highest BCUT2D eigenvalue weighted by Crippen LogP contribution is 2.49. The van der Waals surface area contributed by atoms with Gasteiger partial charge >= 0.3 is 12.1 Å². The van der Waals surface area contributed by atoms with E-state index in [0.717, 1.165) is 16.7 Å². The molecular formula is C37H49ClN2O10. The second-order valence-electron chi connectivity index (χ2n) is 15.0. The number of epoxide rings is 1. The van der Waals surface area contributed by atoms with Gasteiger partial charge in [0.05, 0.1) is 29.2 Å². The lowest BCUT2D eigenvalue weighted by Crippen LogP contribution is -2.63. The van der Waals surface area contributed by atoms with E-state index < -0.39 is 82.8 Å². The van der Waals surface area contributed by atoms with Crippen LogP contribution in [-0.4, -0.2) is 89.0 Å². The average Bonchev–Trinajstić information content (AvgIpc) is 3.73. The maximum atomic E-state index is 14.5. The Balaban J connectivity index is 1.66. The zero-order valence-corrected chi connectivity index (χ0v) is 30.7. The summed E-state index contributed by atoms with van der Waals surface area (Å²) in [6.45, 7) is 11.9. The Hall–Kier alpha value is -3.29. The molecule has 1 aromatic rings. The number of methoxy groups -OCH3 is 1. The van der Waals surface area contributed by atoms with Gasteiger partial charge in [-0.25, -0.2) is 4.79 Å². The van der Waals surface area contributed by atoms with Crippen molar-refractivity contribution in [2.45, 2.75) is 115 Å². The van der Waals surface area contributed by atoms with Crippen LogP contribution in [0.5, 0.6) is 0 Å². The number of benzene rings is 1. The number of fused-ring (bicyclic) bond motifs is 10. The van der Waals surface area contributed by atoms with E-state index in [1.165, 1.54) is 18.9 Å². The first-order chi connectivity index (χ1) is 23.3. The first-order valence-electron chi connectivity index (χ1n) is 17.1. The Morgan fingerprint density at radius 3 is 2.42 bits per heavy atom. The first-order valence-corrected chi connectivity index (χ1v) is 17.5. The fourth-order valence-electron chi connectivity index (χ4n) is 7.32. The topological polar surface area (TPSA) is 164 Å². The van der Waals surface area contributed by atoms with Gasteiger partial charge in [-0.1, -0.05) is 62.2 Å². The number of aryl methyl sites for hydroxylation is 1. The number of carbonyl (C=O) groups is 4. The molecule has 0 saturated carbocycles. The van der Waals surface area contributed by atoms with E-state index in [1.807, 2.05) is 32.1 Å². The van der Waals surface area contributed by atoms with Gasteiger partial charge in [0.15, 0.2) is 11.5 Å². The summed E-state index contributed by atoms with van der Waals surface area (Å²) < 4.78 is 23.5. The summed E-state index contributed by atoms with van der Waals surface area (Å²) in [5, 5.41) is 26.0. The molecule has 5 rings (SSSR count). The molecule has 4 heterocycles. The number of hydrogen-bond acceptors (Lipinski definition) is 10. The molecule has 0 radical (unpaired) electrons. The van der Waals surface area contributed by atoms with Gasteiger partial charge in [-0.3, -0.25) is 19.7 Å². The number of nitrogens with zero attached hydrogens (tertiary/aromatic N) is 1. The van der Waals surface area contributed by atoms with Crippen molar-refractivity contribution < 1.29 is 48.3 Å². The van der Waals surface area contributed by atoms with Crippen LogP contribution in [0.15, 0.2) is 35.9 Å². The lowest BCUT2D eigenvalue weighted by atomic mass is 9.82. The van der Waals surface area contributed by atoms with Crippen molar-refractivity contribution in [1.29, 1.82) is 0 Å². The van der Waals surface area contributed by atoms with Crippen molar-refractivity contribution in [3.63, 3.8) is 0 Å². The molecule has 13 heteroatoms. The number of anilines is 1. The largest absolute Gasteiger partial charge is 0.458 e. The number of ether oxygens (including phenoxy) is 4. The molecule has 0 aromatic heterocycles. The molecule has 4 aliphatic heterocycles. The number of amides is 2. The summed E-state index contributed by atoms with van der Waals surface area (Å²) in [5.41, 5.74) is -1.96. The summed E-state index contributed by atoms with van der Waals surface area (Å²) in [5.74, 6) is -3.89. The minimum Gasteiger partial charge on any atom is -0.458 e. The van der Waals surface area contributed by atoms with Crippen LogP contribution in [0.2, 0.25) is 5.02 Å². The van der Waals surface area contributed by atoms with Gasteiger partial charge in [-0.15, -0.1) is 0 Å². The summed E-state index contributed by atoms with van der Waals surface area (Å²) in [6.07, 6.45) is 0.795. The molecule has 0 aliphatic carbocycles. The maximum absolute atomic E-state index is 14.5. The molecular weight excluding hydrogens is 668 g/mol.